The zero-order chi connectivity index (χ0) is 11.3. The van der Waals surface area contributed by atoms with Gasteiger partial charge in [0.1, 0.15) is 5.92 Å². The predicted molar refractivity (Wildman–Crippen MR) is 58.3 cm³/mol. The first kappa shape index (κ1) is 11.7. The summed E-state index contributed by atoms with van der Waals surface area (Å²) in [7, 11) is 0. The highest BCUT2D eigenvalue weighted by molar-refractivity contribution is 7.09. The van der Waals surface area contributed by atoms with Crippen LogP contribution in [-0.4, -0.2) is 17.4 Å². The fraction of sp³-hybridized carbons (Fsp3) is 0.500. The molecule has 1 aromatic heterocycles. The van der Waals surface area contributed by atoms with Crippen molar-refractivity contribution in [3.8, 4) is 6.07 Å². The van der Waals surface area contributed by atoms with Crippen molar-refractivity contribution in [2.45, 2.75) is 20.3 Å². The first-order valence-electron chi connectivity index (χ1n) is 4.72. The van der Waals surface area contributed by atoms with E-state index in [0.717, 1.165) is 17.1 Å². The van der Waals surface area contributed by atoms with Gasteiger partial charge in [-0.25, -0.2) is 4.98 Å². The zero-order valence-electron chi connectivity index (χ0n) is 8.78. The third kappa shape index (κ3) is 3.68. The van der Waals surface area contributed by atoms with Gasteiger partial charge >= 0.3 is 0 Å². The van der Waals surface area contributed by atoms with Crippen molar-refractivity contribution in [3.05, 3.63) is 16.1 Å². The highest BCUT2D eigenvalue weighted by Crippen LogP contribution is 2.08. The Morgan fingerprint density at radius 1 is 1.80 bits per heavy atom. The van der Waals surface area contributed by atoms with Crippen LogP contribution in [0.4, 0.5) is 0 Å². The molecule has 0 fully saturated rings. The first-order valence-corrected chi connectivity index (χ1v) is 5.59. The summed E-state index contributed by atoms with van der Waals surface area (Å²) in [5.41, 5.74) is 1.01. The van der Waals surface area contributed by atoms with Gasteiger partial charge in [0.2, 0.25) is 5.91 Å². The number of nitriles is 1. The molecule has 1 N–H and O–H groups in total. The molecule has 0 aromatic carbocycles. The second-order valence-corrected chi connectivity index (χ2v) is 4.22. The number of aromatic nitrogens is 1. The molecule has 0 radical (unpaired) electrons. The SMILES string of the molecule is Cc1csc(CCNC(=O)C(C)C#N)n1. The molecule has 1 unspecified atom stereocenters. The van der Waals surface area contributed by atoms with E-state index in [-0.39, 0.29) is 5.91 Å². The van der Waals surface area contributed by atoms with E-state index >= 15 is 0 Å². The maximum Gasteiger partial charge on any atom is 0.237 e. The van der Waals surface area contributed by atoms with Crippen LogP contribution in [0.2, 0.25) is 0 Å². The van der Waals surface area contributed by atoms with E-state index in [2.05, 4.69) is 10.3 Å². The van der Waals surface area contributed by atoms with E-state index in [1.54, 1.807) is 18.3 Å². The number of thiazole rings is 1. The van der Waals surface area contributed by atoms with Crippen LogP contribution in [0.25, 0.3) is 0 Å². The first-order chi connectivity index (χ1) is 7.13. The number of hydrogen-bond donors (Lipinski definition) is 1. The summed E-state index contributed by atoms with van der Waals surface area (Å²) in [5, 5.41) is 14.2. The molecule has 0 aliphatic heterocycles. The second kappa shape index (κ2) is 5.47. The maximum absolute atomic E-state index is 11.2. The van der Waals surface area contributed by atoms with Crippen molar-refractivity contribution in [2.75, 3.05) is 6.54 Å². The van der Waals surface area contributed by atoms with Gasteiger partial charge < -0.3 is 5.32 Å². The largest absolute Gasteiger partial charge is 0.355 e. The van der Waals surface area contributed by atoms with Gasteiger partial charge in [0.15, 0.2) is 0 Å². The number of hydrogen-bond acceptors (Lipinski definition) is 4. The Hall–Kier alpha value is -1.41. The number of carbonyl (C=O) groups excluding carboxylic acids is 1. The summed E-state index contributed by atoms with van der Waals surface area (Å²) in [4.78, 5) is 15.5. The Morgan fingerprint density at radius 3 is 3.07 bits per heavy atom. The zero-order valence-corrected chi connectivity index (χ0v) is 9.60. The Morgan fingerprint density at radius 2 is 2.53 bits per heavy atom. The minimum absolute atomic E-state index is 0.217. The lowest BCUT2D eigenvalue weighted by atomic mass is 10.2. The van der Waals surface area contributed by atoms with Gasteiger partial charge in [0.05, 0.1) is 11.1 Å². The quantitative estimate of drug-likeness (QED) is 0.836. The molecule has 15 heavy (non-hydrogen) atoms. The molecule has 1 rings (SSSR count). The monoisotopic (exact) mass is 223 g/mol. The minimum Gasteiger partial charge on any atom is -0.355 e. The fourth-order valence-electron chi connectivity index (χ4n) is 1.02. The van der Waals surface area contributed by atoms with Crippen LogP contribution in [0.1, 0.15) is 17.6 Å². The highest BCUT2D eigenvalue weighted by atomic mass is 32.1. The van der Waals surface area contributed by atoms with Gasteiger partial charge in [-0.1, -0.05) is 0 Å². The fourth-order valence-corrected chi connectivity index (χ4v) is 1.80. The van der Waals surface area contributed by atoms with Gasteiger partial charge in [0, 0.05) is 24.0 Å². The van der Waals surface area contributed by atoms with Crippen molar-refractivity contribution < 1.29 is 4.79 Å². The molecule has 1 amide bonds. The number of aryl methyl sites for hydroxylation is 1. The lowest BCUT2D eigenvalue weighted by Gasteiger charge is -2.04. The summed E-state index contributed by atoms with van der Waals surface area (Å²) in [5.74, 6) is -0.797. The number of nitrogens with zero attached hydrogens (tertiary/aromatic N) is 2. The molecular weight excluding hydrogens is 210 g/mol. The summed E-state index contributed by atoms with van der Waals surface area (Å²) in [6.07, 6.45) is 0.725. The molecule has 5 heteroatoms. The lowest BCUT2D eigenvalue weighted by molar-refractivity contribution is -0.122. The summed E-state index contributed by atoms with van der Waals surface area (Å²) < 4.78 is 0. The second-order valence-electron chi connectivity index (χ2n) is 3.27. The number of carbonyl (C=O) groups is 1. The van der Waals surface area contributed by atoms with Crippen molar-refractivity contribution in [3.63, 3.8) is 0 Å². The molecule has 0 aliphatic rings. The van der Waals surface area contributed by atoms with E-state index in [0.29, 0.717) is 6.54 Å². The molecule has 1 aromatic rings. The molecule has 0 bridgehead atoms. The van der Waals surface area contributed by atoms with Crippen LogP contribution >= 0.6 is 11.3 Å². The molecule has 1 heterocycles. The van der Waals surface area contributed by atoms with Crippen molar-refractivity contribution in [2.24, 2.45) is 5.92 Å². The number of nitrogens with one attached hydrogen (secondary N) is 1. The van der Waals surface area contributed by atoms with Crippen LogP contribution in [0.3, 0.4) is 0 Å². The van der Waals surface area contributed by atoms with Gasteiger partial charge in [-0.3, -0.25) is 4.79 Å². The van der Waals surface area contributed by atoms with Crippen LogP contribution in [0, 0.1) is 24.2 Å². The number of amides is 1. The predicted octanol–water partition coefficient (Wildman–Crippen LogP) is 1.27. The Bertz CT molecular complexity index is 380. The van der Waals surface area contributed by atoms with Crippen LogP contribution in [0.5, 0.6) is 0 Å². The summed E-state index contributed by atoms with van der Waals surface area (Å²) in [6.45, 7) is 4.07. The van der Waals surface area contributed by atoms with Crippen LogP contribution < -0.4 is 5.32 Å². The van der Waals surface area contributed by atoms with Crippen molar-refractivity contribution >= 4 is 17.2 Å². The van der Waals surface area contributed by atoms with Gasteiger partial charge in [-0.2, -0.15) is 5.26 Å². The normalized spacial score (nSPS) is 11.8. The molecule has 0 spiro atoms. The van der Waals surface area contributed by atoms with E-state index in [9.17, 15) is 4.79 Å². The summed E-state index contributed by atoms with van der Waals surface area (Å²) in [6, 6.07) is 1.89. The van der Waals surface area contributed by atoms with E-state index in [1.807, 2.05) is 18.4 Å². The van der Waals surface area contributed by atoms with E-state index in [4.69, 9.17) is 5.26 Å². The molecule has 0 saturated heterocycles. The third-order valence-corrected chi connectivity index (χ3v) is 2.92. The molecule has 0 saturated carbocycles. The molecule has 0 aliphatic carbocycles. The highest BCUT2D eigenvalue weighted by Gasteiger charge is 2.10. The van der Waals surface area contributed by atoms with Gasteiger partial charge in [-0.15, -0.1) is 11.3 Å². The maximum atomic E-state index is 11.2. The average Bonchev–Trinajstić information content (AvgIpc) is 2.63. The van der Waals surface area contributed by atoms with Crippen molar-refractivity contribution in [1.29, 1.82) is 5.26 Å². The Balaban J connectivity index is 2.28. The Labute approximate surface area is 92.9 Å². The molecule has 4 nitrogen and oxygen atoms in total. The standard InChI is InChI=1S/C10H13N3OS/c1-7(5-11)10(14)12-4-3-9-13-8(2)6-15-9/h6-7H,3-4H2,1-2H3,(H,12,14). The van der Waals surface area contributed by atoms with Crippen LogP contribution in [0.15, 0.2) is 5.38 Å². The summed E-state index contributed by atoms with van der Waals surface area (Å²) >= 11 is 1.59. The van der Waals surface area contributed by atoms with Gasteiger partial charge in [0.25, 0.3) is 0 Å². The van der Waals surface area contributed by atoms with E-state index in [1.165, 1.54) is 0 Å². The molecule has 1 atom stereocenters. The van der Waals surface area contributed by atoms with Gasteiger partial charge in [-0.05, 0) is 13.8 Å². The Kier molecular flexibility index (Phi) is 4.25. The number of rotatable bonds is 4. The topological polar surface area (TPSA) is 65.8 Å². The third-order valence-electron chi connectivity index (χ3n) is 1.89. The smallest absolute Gasteiger partial charge is 0.237 e. The minimum atomic E-state index is -0.581. The average molecular weight is 223 g/mol. The van der Waals surface area contributed by atoms with E-state index < -0.39 is 5.92 Å². The lowest BCUT2D eigenvalue weighted by Crippen LogP contribution is -2.30. The van der Waals surface area contributed by atoms with Crippen molar-refractivity contribution in [1.82, 2.24) is 10.3 Å². The van der Waals surface area contributed by atoms with Crippen LogP contribution in [-0.2, 0) is 11.2 Å². The molecular formula is C10H13N3OS. The molecule has 80 valence electrons.